The Kier molecular flexibility index (Phi) is 4.65. The Hall–Kier alpha value is -1.48. The van der Waals surface area contributed by atoms with Crippen LogP contribution in [0.2, 0.25) is 0 Å². The van der Waals surface area contributed by atoms with Gasteiger partial charge in [0.2, 0.25) is 0 Å². The van der Waals surface area contributed by atoms with Crippen molar-refractivity contribution < 1.29 is 9.47 Å². The monoisotopic (exact) mass is 306 g/mol. The van der Waals surface area contributed by atoms with Gasteiger partial charge in [-0.1, -0.05) is 34.1 Å². The molecule has 0 unspecified atom stereocenters. The molecule has 0 radical (unpaired) electrons. The van der Waals surface area contributed by atoms with Crippen LogP contribution in [0.3, 0.4) is 0 Å². The molecule has 2 aromatic rings. The van der Waals surface area contributed by atoms with Crippen molar-refractivity contribution in [3.63, 3.8) is 0 Å². The number of para-hydroxylation sites is 1. The third-order valence-electron chi connectivity index (χ3n) is 2.49. The molecular formula is C15H15BrO2. The molecule has 0 spiro atoms. The van der Waals surface area contributed by atoms with E-state index in [1.807, 2.05) is 55.5 Å². The molecule has 0 saturated carbocycles. The molecule has 2 rings (SSSR count). The minimum absolute atomic E-state index is 0.538. The van der Waals surface area contributed by atoms with Gasteiger partial charge in [-0.05, 0) is 42.8 Å². The lowest BCUT2D eigenvalue weighted by molar-refractivity contribution is 0.217. The largest absolute Gasteiger partial charge is 0.490 e. The third kappa shape index (κ3) is 3.77. The van der Waals surface area contributed by atoms with Crippen LogP contribution in [0.1, 0.15) is 5.56 Å². The highest BCUT2D eigenvalue weighted by atomic mass is 79.9. The third-order valence-corrected chi connectivity index (χ3v) is 3.38. The zero-order valence-corrected chi connectivity index (χ0v) is 11.8. The van der Waals surface area contributed by atoms with Crippen molar-refractivity contribution in [2.24, 2.45) is 0 Å². The SMILES string of the molecule is Cc1cc(OCCOc2ccccc2)ccc1Br. The van der Waals surface area contributed by atoms with Crippen LogP contribution >= 0.6 is 15.9 Å². The maximum absolute atomic E-state index is 5.62. The molecule has 0 fully saturated rings. The Labute approximate surface area is 116 Å². The summed E-state index contributed by atoms with van der Waals surface area (Å²) in [6, 6.07) is 15.7. The van der Waals surface area contributed by atoms with Gasteiger partial charge >= 0.3 is 0 Å². The Morgan fingerprint density at radius 3 is 2.22 bits per heavy atom. The summed E-state index contributed by atoms with van der Waals surface area (Å²) in [5, 5.41) is 0. The first-order valence-electron chi connectivity index (χ1n) is 5.82. The van der Waals surface area contributed by atoms with Gasteiger partial charge in [-0.3, -0.25) is 0 Å². The molecule has 0 heterocycles. The molecule has 0 amide bonds. The summed E-state index contributed by atoms with van der Waals surface area (Å²) in [7, 11) is 0. The van der Waals surface area contributed by atoms with Crippen LogP contribution in [-0.2, 0) is 0 Å². The normalized spacial score (nSPS) is 10.1. The van der Waals surface area contributed by atoms with Gasteiger partial charge in [0.15, 0.2) is 0 Å². The van der Waals surface area contributed by atoms with Crippen molar-refractivity contribution in [1.29, 1.82) is 0 Å². The Balaban J connectivity index is 1.77. The minimum Gasteiger partial charge on any atom is -0.490 e. The standard InChI is InChI=1S/C15H15BrO2/c1-12-11-14(7-8-15(12)16)18-10-9-17-13-5-3-2-4-6-13/h2-8,11H,9-10H2,1H3. The summed E-state index contributed by atoms with van der Waals surface area (Å²) in [6.07, 6.45) is 0. The number of aryl methyl sites for hydroxylation is 1. The molecule has 18 heavy (non-hydrogen) atoms. The van der Waals surface area contributed by atoms with E-state index in [4.69, 9.17) is 9.47 Å². The van der Waals surface area contributed by atoms with E-state index in [0.29, 0.717) is 13.2 Å². The fraction of sp³-hybridized carbons (Fsp3) is 0.200. The van der Waals surface area contributed by atoms with Crippen LogP contribution in [-0.4, -0.2) is 13.2 Å². The lowest BCUT2D eigenvalue weighted by Crippen LogP contribution is -2.08. The summed E-state index contributed by atoms with van der Waals surface area (Å²) < 4.78 is 12.3. The first kappa shape index (κ1) is 13.0. The topological polar surface area (TPSA) is 18.5 Å². The molecule has 0 saturated heterocycles. The van der Waals surface area contributed by atoms with Crippen molar-refractivity contribution in [1.82, 2.24) is 0 Å². The molecule has 2 aromatic carbocycles. The van der Waals surface area contributed by atoms with Gasteiger partial charge in [-0.25, -0.2) is 0 Å². The van der Waals surface area contributed by atoms with E-state index in [9.17, 15) is 0 Å². The minimum atomic E-state index is 0.538. The zero-order valence-electron chi connectivity index (χ0n) is 10.2. The average Bonchev–Trinajstić information content (AvgIpc) is 2.40. The van der Waals surface area contributed by atoms with E-state index in [1.165, 1.54) is 0 Å². The Morgan fingerprint density at radius 1 is 0.889 bits per heavy atom. The maximum Gasteiger partial charge on any atom is 0.122 e. The van der Waals surface area contributed by atoms with Crippen LogP contribution in [0.5, 0.6) is 11.5 Å². The molecule has 2 nitrogen and oxygen atoms in total. The number of benzene rings is 2. The number of rotatable bonds is 5. The highest BCUT2D eigenvalue weighted by Gasteiger charge is 1.98. The second-order valence-corrected chi connectivity index (χ2v) is 4.78. The van der Waals surface area contributed by atoms with Crippen LogP contribution < -0.4 is 9.47 Å². The average molecular weight is 307 g/mol. The highest BCUT2D eigenvalue weighted by molar-refractivity contribution is 9.10. The lowest BCUT2D eigenvalue weighted by atomic mass is 10.2. The predicted molar refractivity (Wildman–Crippen MR) is 76.3 cm³/mol. The Morgan fingerprint density at radius 2 is 1.56 bits per heavy atom. The zero-order chi connectivity index (χ0) is 12.8. The van der Waals surface area contributed by atoms with Gasteiger partial charge in [-0.15, -0.1) is 0 Å². The summed E-state index contributed by atoms with van der Waals surface area (Å²) >= 11 is 3.46. The number of hydrogen-bond donors (Lipinski definition) is 0. The highest BCUT2D eigenvalue weighted by Crippen LogP contribution is 2.21. The van der Waals surface area contributed by atoms with Gasteiger partial charge in [0.25, 0.3) is 0 Å². The molecule has 0 aliphatic carbocycles. The molecular weight excluding hydrogens is 292 g/mol. The number of halogens is 1. The van der Waals surface area contributed by atoms with E-state index in [-0.39, 0.29) is 0 Å². The summed E-state index contributed by atoms with van der Waals surface area (Å²) in [5.74, 6) is 1.74. The number of ether oxygens (including phenoxy) is 2. The fourth-order valence-corrected chi connectivity index (χ4v) is 1.79. The maximum atomic E-state index is 5.62. The second kappa shape index (κ2) is 6.45. The van der Waals surface area contributed by atoms with Crippen molar-refractivity contribution >= 4 is 15.9 Å². The van der Waals surface area contributed by atoms with Crippen molar-refractivity contribution in [2.75, 3.05) is 13.2 Å². The van der Waals surface area contributed by atoms with Crippen molar-refractivity contribution in [3.05, 3.63) is 58.6 Å². The van der Waals surface area contributed by atoms with Crippen LogP contribution in [0.25, 0.3) is 0 Å². The Bertz CT molecular complexity index is 497. The molecule has 0 aliphatic rings. The first-order valence-corrected chi connectivity index (χ1v) is 6.62. The molecule has 0 aliphatic heterocycles. The second-order valence-electron chi connectivity index (χ2n) is 3.92. The van der Waals surface area contributed by atoms with Crippen LogP contribution in [0, 0.1) is 6.92 Å². The molecule has 3 heteroatoms. The molecule has 0 bridgehead atoms. The molecule has 94 valence electrons. The van der Waals surface area contributed by atoms with Gasteiger partial charge in [0.05, 0.1) is 0 Å². The molecule has 0 atom stereocenters. The van der Waals surface area contributed by atoms with E-state index in [0.717, 1.165) is 21.5 Å². The molecule has 0 aromatic heterocycles. The van der Waals surface area contributed by atoms with E-state index >= 15 is 0 Å². The van der Waals surface area contributed by atoms with Crippen molar-refractivity contribution in [3.8, 4) is 11.5 Å². The number of hydrogen-bond acceptors (Lipinski definition) is 2. The summed E-state index contributed by atoms with van der Waals surface area (Å²) in [5.41, 5.74) is 1.16. The fourth-order valence-electron chi connectivity index (χ4n) is 1.54. The smallest absolute Gasteiger partial charge is 0.122 e. The lowest BCUT2D eigenvalue weighted by Gasteiger charge is -2.09. The van der Waals surface area contributed by atoms with E-state index in [2.05, 4.69) is 15.9 Å². The van der Waals surface area contributed by atoms with E-state index in [1.54, 1.807) is 0 Å². The van der Waals surface area contributed by atoms with Crippen LogP contribution in [0.15, 0.2) is 53.0 Å². The molecule has 0 N–H and O–H groups in total. The van der Waals surface area contributed by atoms with Gasteiger partial charge in [-0.2, -0.15) is 0 Å². The summed E-state index contributed by atoms with van der Waals surface area (Å²) in [6.45, 7) is 3.12. The van der Waals surface area contributed by atoms with Crippen LogP contribution in [0.4, 0.5) is 0 Å². The predicted octanol–water partition coefficient (Wildman–Crippen LogP) is 4.22. The van der Waals surface area contributed by atoms with E-state index < -0.39 is 0 Å². The van der Waals surface area contributed by atoms with Gasteiger partial charge in [0.1, 0.15) is 24.7 Å². The van der Waals surface area contributed by atoms with Gasteiger partial charge in [0, 0.05) is 4.47 Å². The van der Waals surface area contributed by atoms with Gasteiger partial charge < -0.3 is 9.47 Å². The van der Waals surface area contributed by atoms with Crippen molar-refractivity contribution in [2.45, 2.75) is 6.92 Å². The summed E-state index contributed by atoms with van der Waals surface area (Å²) in [4.78, 5) is 0. The first-order chi connectivity index (χ1) is 8.75. The quantitative estimate of drug-likeness (QED) is 0.770.